The van der Waals surface area contributed by atoms with Gasteiger partial charge in [-0.05, 0) is 47.3 Å². The maximum absolute atomic E-state index is 12.5. The average molecular weight is 333 g/mol. The largest absolute Gasteiger partial charge is 0.328 e. The van der Waals surface area contributed by atoms with Crippen molar-refractivity contribution in [3.8, 4) is 0 Å². The Labute approximate surface area is 116 Å². The molecule has 1 heterocycles. The van der Waals surface area contributed by atoms with Crippen LogP contribution in [0.25, 0.3) is 0 Å². The normalized spacial score (nSPS) is 23.2. The van der Waals surface area contributed by atoms with E-state index in [9.17, 15) is 8.42 Å². The molecule has 0 saturated carbocycles. The number of hydrogen-bond acceptors (Lipinski definition) is 3. The Bertz CT molecular complexity index is 531. The second-order valence-electron chi connectivity index (χ2n) is 4.70. The molecule has 1 aromatic rings. The topological polar surface area (TPSA) is 63.4 Å². The van der Waals surface area contributed by atoms with Gasteiger partial charge in [0.25, 0.3) is 0 Å². The van der Waals surface area contributed by atoms with Crippen LogP contribution in [0, 0.1) is 5.92 Å². The van der Waals surface area contributed by atoms with Crippen LogP contribution >= 0.6 is 15.9 Å². The molecule has 2 unspecified atom stereocenters. The molecule has 18 heavy (non-hydrogen) atoms. The highest BCUT2D eigenvalue weighted by Crippen LogP contribution is 2.29. The summed E-state index contributed by atoms with van der Waals surface area (Å²) in [4.78, 5) is 0.329. The fourth-order valence-corrected chi connectivity index (χ4v) is 4.67. The standard InChI is InChI=1S/C12H17BrN2O2S/c1-9(14)10-6-7-15(8-10)18(16,17)12-5-3-2-4-11(12)13/h2-5,9-10H,6-8,14H2,1H3. The zero-order valence-electron chi connectivity index (χ0n) is 10.2. The molecular formula is C12H17BrN2O2S. The third kappa shape index (κ3) is 2.61. The molecule has 2 rings (SSSR count). The smallest absolute Gasteiger partial charge is 0.244 e. The van der Waals surface area contributed by atoms with Gasteiger partial charge in [0.1, 0.15) is 0 Å². The number of nitrogens with zero attached hydrogens (tertiary/aromatic N) is 1. The van der Waals surface area contributed by atoms with Gasteiger partial charge in [0.05, 0.1) is 4.90 Å². The van der Waals surface area contributed by atoms with Crippen LogP contribution in [-0.4, -0.2) is 31.9 Å². The van der Waals surface area contributed by atoms with Gasteiger partial charge in [0, 0.05) is 23.6 Å². The summed E-state index contributed by atoms with van der Waals surface area (Å²) < 4.78 is 27.1. The Hall–Kier alpha value is -0.430. The molecule has 0 radical (unpaired) electrons. The lowest BCUT2D eigenvalue weighted by atomic mass is 10.0. The van der Waals surface area contributed by atoms with Crippen molar-refractivity contribution in [3.05, 3.63) is 28.7 Å². The Balaban J connectivity index is 2.26. The monoisotopic (exact) mass is 332 g/mol. The number of nitrogens with two attached hydrogens (primary N) is 1. The van der Waals surface area contributed by atoms with Crippen LogP contribution in [0.3, 0.4) is 0 Å². The molecule has 0 bridgehead atoms. The molecule has 100 valence electrons. The molecule has 1 aliphatic heterocycles. The highest BCUT2D eigenvalue weighted by molar-refractivity contribution is 9.10. The van der Waals surface area contributed by atoms with E-state index in [1.54, 1.807) is 24.3 Å². The number of halogens is 1. The van der Waals surface area contributed by atoms with Crippen LogP contribution < -0.4 is 5.73 Å². The van der Waals surface area contributed by atoms with Gasteiger partial charge in [-0.15, -0.1) is 0 Å². The van der Waals surface area contributed by atoms with Crippen LogP contribution in [0.5, 0.6) is 0 Å². The zero-order valence-corrected chi connectivity index (χ0v) is 12.6. The van der Waals surface area contributed by atoms with E-state index in [0.29, 0.717) is 22.5 Å². The van der Waals surface area contributed by atoms with E-state index in [1.165, 1.54) is 4.31 Å². The van der Waals surface area contributed by atoms with Crippen LogP contribution in [0.2, 0.25) is 0 Å². The van der Waals surface area contributed by atoms with Gasteiger partial charge in [-0.3, -0.25) is 0 Å². The van der Waals surface area contributed by atoms with Crippen molar-refractivity contribution < 1.29 is 8.42 Å². The molecule has 4 nitrogen and oxygen atoms in total. The minimum atomic E-state index is -3.40. The quantitative estimate of drug-likeness (QED) is 0.918. The van der Waals surface area contributed by atoms with Crippen molar-refractivity contribution in [1.82, 2.24) is 4.31 Å². The Kier molecular flexibility index (Phi) is 4.11. The molecule has 1 fully saturated rings. The summed E-state index contributed by atoms with van der Waals surface area (Å²) in [5, 5.41) is 0. The third-order valence-corrected chi connectivity index (χ3v) is 6.26. The van der Waals surface area contributed by atoms with Gasteiger partial charge in [-0.1, -0.05) is 12.1 Å². The molecule has 0 aromatic heterocycles. The molecule has 1 saturated heterocycles. The Morgan fingerprint density at radius 3 is 2.67 bits per heavy atom. The summed E-state index contributed by atoms with van der Waals surface area (Å²) in [5.41, 5.74) is 5.84. The highest BCUT2D eigenvalue weighted by atomic mass is 79.9. The van der Waals surface area contributed by atoms with Crippen molar-refractivity contribution in [2.45, 2.75) is 24.3 Å². The third-order valence-electron chi connectivity index (χ3n) is 3.39. The maximum Gasteiger partial charge on any atom is 0.244 e. The molecule has 0 spiro atoms. The molecular weight excluding hydrogens is 316 g/mol. The predicted octanol–water partition coefficient (Wildman–Crippen LogP) is 1.81. The summed E-state index contributed by atoms with van der Waals surface area (Å²) in [6, 6.07) is 6.93. The van der Waals surface area contributed by atoms with Crippen molar-refractivity contribution >= 4 is 26.0 Å². The van der Waals surface area contributed by atoms with Crippen molar-refractivity contribution in [2.24, 2.45) is 11.7 Å². The minimum absolute atomic E-state index is 0.0319. The van der Waals surface area contributed by atoms with Crippen molar-refractivity contribution in [1.29, 1.82) is 0 Å². The summed E-state index contributed by atoms with van der Waals surface area (Å²) in [6.45, 7) is 3.00. The molecule has 2 N–H and O–H groups in total. The van der Waals surface area contributed by atoms with E-state index >= 15 is 0 Å². The lowest BCUT2D eigenvalue weighted by molar-refractivity contribution is 0.429. The molecule has 6 heteroatoms. The summed E-state index contributed by atoms with van der Waals surface area (Å²) >= 11 is 3.29. The van der Waals surface area contributed by atoms with Gasteiger partial charge < -0.3 is 5.73 Å². The second-order valence-corrected chi connectivity index (χ2v) is 7.46. The van der Waals surface area contributed by atoms with Crippen LogP contribution in [0.4, 0.5) is 0 Å². The lowest BCUT2D eigenvalue weighted by Crippen LogP contribution is -2.33. The average Bonchev–Trinajstić information content (AvgIpc) is 2.79. The number of benzene rings is 1. The number of hydrogen-bond donors (Lipinski definition) is 1. The van der Waals surface area contributed by atoms with Gasteiger partial charge in [0.2, 0.25) is 10.0 Å². The summed E-state index contributed by atoms with van der Waals surface area (Å²) in [6.07, 6.45) is 0.835. The molecule has 1 aromatic carbocycles. The first-order valence-corrected chi connectivity index (χ1v) is 8.16. The van der Waals surface area contributed by atoms with Gasteiger partial charge in [-0.2, -0.15) is 4.31 Å². The van der Waals surface area contributed by atoms with Crippen LogP contribution in [0.1, 0.15) is 13.3 Å². The lowest BCUT2D eigenvalue weighted by Gasteiger charge is -2.18. The fraction of sp³-hybridized carbons (Fsp3) is 0.500. The van der Waals surface area contributed by atoms with Crippen LogP contribution in [0.15, 0.2) is 33.6 Å². The summed E-state index contributed by atoms with van der Waals surface area (Å²) in [7, 11) is -3.40. The van der Waals surface area contributed by atoms with Gasteiger partial charge >= 0.3 is 0 Å². The first kappa shape index (κ1) is 14.0. The molecule has 2 atom stereocenters. The zero-order chi connectivity index (χ0) is 13.3. The summed E-state index contributed by atoms with van der Waals surface area (Å²) in [5.74, 6) is 0.252. The Morgan fingerprint density at radius 2 is 2.11 bits per heavy atom. The van der Waals surface area contributed by atoms with Crippen LogP contribution in [-0.2, 0) is 10.0 Å². The second kappa shape index (κ2) is 5.28. The van der Waals surface area contributed by atoms with E-state index in [4.69, 9.17) is 5.73 Å². The van der Waals surface area contributed by atoms with E-state index in [1.807, 2.05) is 6.92 Å². The van der Waals surface area contributed by atoms with E-state index in [2.05, 4.69) is 15.9 Å². The fourth-order valence-electron chi connectivity index (χ4n) is 2.19. The molecule has 0 aliphatic carbocycles. The number of sulfonamides is 1. The Morgan fingerprint density at radius 1 is 1.44 bits per heavy atom. The number of rotatable bonds is 3. The van der Waals surface area contributed by atoms with Crippen molar-refractivity contribution in [2.75, 3.05) is 13.1 Å². The molecule has 1 aliphatic rings. The molecule has 0 amide bonds. The first-order valence-electron chi connectivity index (χ1n) is 5.93. The maximum atomic E-state index is 12.5. The van der Waals surface area contributed by atoms with E-state index in [0.717, 1.165) is 6.42 Å². The van der Waals surface area contributed by atoms with Gasteiger partial charge in [0.15, 0.2) is 0 Å². The highest BCUT2D eigenvalue weighted by Gasteiger charge is 2.34. The first-order chi connectivity index (χ1) is 8.43. The van der Waals surface area contributed by atoms with E-state index < -0.39 is 10.0 Å². The predicted molar refractivity (Wildman–Crippen MR) is 74.7 cm³/mol. The van der Waals surface area contributed by atoms with Crippen molar-refractivity contribution in [3.63, 3.8) is 0 Å². The minimum Gasteiger partial charge on any atom is -0.328 e. The SMILES string of the molecule is CC(N)C1CCN(S(=O)(=O)c2ccccc2Br)C1. The van der Waals surface area contributed by atoms with E-state index in [-0.39, 0.29) is 12.0 Å². The van der Waals surface area contributed by atoms with Gasteiger partial charge in [-0.25, -0.2) is 8.42 Å².